The minimum atomic E-state index is -0.500. The summed E-state index contributed by atoms with van der Waals surface area (Å²) in [6.07, 6.45) is 2.56. The normalized spacial score (nSPS) is 22.0. The summed E-state index contributed by atoms with van der Waals surface area (Å²) in [7, 11) is 0. The molecule has 2 aromatic rings. The van der Waals surface area contributed by atoms with Gasteiger partial charge in [-0.05, 0) is 48.2 Å². The Morgan fingerprint density at radius 3 is 2.97 bits per heavy atom. The maximum absolute atomic E-state index is 13.9. The number of nitrogens with one attached hydrogen (secondary N) is 2. The van der Waals surface area contributed by atoms with Gasteiger partial charge in [0.1, 0.15) is 18.2 Å². The van der Waals surface area contributed by atoms with Crippen molar-refractivity contribution in [3.8, 4) is 6.07 Å². The first kappa shape index (κ1) is 23.2. The van der Waals surface area contributed by atoms with E-state index in [1.807, 2.05) is 35.2 Å². The Morgan fingerprint density at radius 2 is 2.17 bits per heavy atom. The molecule has 182 valence electrons. The number of nitriles is 1. The van der Waals surface area contributed by atoms with Gasteiger partial charge >= 0.3 is 0 Å². The molecule has 9 nitrogen and oxygen atoms in total. The van der Waals surface area contributed by atoms with Crippen LogP contribution in [0.1, 0.15) is 34.8 Å². The number of hydrogen-bond donors (Lipinski definition) is 2. The van der Waals surface area contributed by atoms with Gasteiger partial charge in [-0.15, -0.1) is 5.53 Å². The molecule has 2 saturated heterocycles. The molecule has 0 bridgehead atoms. The number of carbonyl (C=O) groups is 1. The Morgan fingerprint density at radius 1 is 1.29 bits per heavy atom. The molecule has 2 aromatic carbocycles. The number of fused-ring (bicyclic) bond motifs is 1. The molecule has 0 saturated carbocycles. The fourth-order valence-corrected chi connectivity index (χ4v) is 4.98. The molecule has 0 radical (unpaired) electrons. The number of hydrogen-bond acceptors (Lipinski definition) is 8. The lowest BCUT2D eigenvalue weighted by atomic mass is 9.96. The van der Waals surface area contributed by atoms with Crippen molar-refractivity contribution in [2.24, 2.45) is 5.10 Å². The summed E-state index contributed by atoms with van der Waals surface area (Å²) in [5, 5.41) is 15.0. The lowest BCUT2D eigenvalue weighted by Gasteiger charge is -2.46. The number of amides is 1. The van der Waals surface area contributed by atoms with E-state index in [1.54, 1.807) is 24.3 Å². The van der Waals surface area contributed by atoms with Crippen molar-refractivity contribution < 1.29 is 13.9 Å². The van der Waals surface area contributed by atoms with Crippen LogP contribution in [-0.2, 0) is 16.0 Å². The number of hydrazone groups is 1. The van der Waals surface area contributed by atoms with Crippen LogP contribution in [0.15, 0.2) is 41.5 Å². The van der Waals surface area contributed by atoms with E-state index in [4.69, 9.17) is 4.74 Å². The number of hydrazine groups is 2. The van der Waals surface area contributed by atoms with Crippen molar-refractivity contribution in [3.05, 3.63) is 64.5 Å². The fraction of sp³-hybridized carbons (Fsp3) is 0.400. The quantitative estimate of drug-likeness (QED) is 0.680. The summed E-state index contributed by atoms with van der Waals surface area (Å²) in [5.41, 5.74) is 9.19. The van der Waals surface area contributed by atoms with E-state index in [1.165, 1.54) is 6.07 Å². The molecule has 2 N–H and O–H groups in total. The van der Waals surface area contributed by atoms with Crippen molar-refractivity contribution in [2.75, 3.05) is 37.8 Å². The largest absolute Gasteiger partial charge is 0.370 e. The molecule has 1 amide bonds. The summed E-state index contributed by atoms with van der Waals surface area (Å²) in [6, 6.07) is 13.2. The maximum atomic E-state index is 13.9. The first-order valence-corrected chi connectivity index (χ1v) is 11.8. The van der Waals surface area contributed by atoms with Crippen LogP contribution in [0.25, 0.3) is 0 Å². The van der Waals surface area contributed by atoms with Gasteiger partial charge in [0.2, 0.25) is 5.91 Å². The zero-order valence-electron chi connectivity index (χ0n) is 19.6. The summed E-state index contributed by atoms with van der Waals surface area (Å²) >= 11 is 0. The molecule has 2 atom stereocenters. The molecular formula is C25H28FN7O2. The van der Waals surface area contributed by atoms with Crippen LogP contribution in [0, 0.1) is 24.1 Å². The Kier molecular flexibility index (Phi) is 6.63. The average Bonchev–Trinajstić information content (AvgIpc) is 3.42. The fourth-order valence-electron chi connectivity index (χ4n) is 4.98. The SMILES string of the molecule is Cc1c(C2CN3CCN(C(=O)CCc4cccc(N5C=NNN5)c4)CC3CO2)ccc(F)c1C#N. The third-order valence-electron chi connectivity index (χ3n) is 6.99. The molecule has 3 aliphatic heterocycles. The lowest BCUT2D eigenvalue weighted by molar-refractivity contribution is -0.140. The highest BCUT2D eigenvalue weighted by molar-refractivity contribution is 5.79. The van der Waals surface area contributed by atoms with Gasteiger partial charge in [-0.25, -0.2) is 14.9 Å². The van der Waals surface area contributed by atoms with Crippen molar-refractivity contribution in [3.63, 3.8) is 0 Å². The molecule has 5 rings (SSSR count). The molecule has 0 aliphatic carbocycles. The number of halogens is 1. The molecule has 10 heteroatoms. The van der Waals surface area contributed by atoms with E-state index in [2.05, 4.69) is 21.1 Å². The third kappa shape index (κ3) is 4.84. The van der Waals surface area contributed by atoms with E-state index in [0.717, 1.165) is 23.4 Å². The van der Waals surface area contributed by atoms with Gasteiger partial charge in [-0.1, -0.05) is 18.2 Å². The monoisotopic (exact) mass is 477 g/mol. The highest BCUT2D eigenvalue weighted by Crippen LogP contribution is 2.31. The second-order valence-electron chi connectivity index (χ2n) is 9.07. The second kappa shape index (κ2) is 10.00. The predicted molar refractivity (Wildman–Crippen MR) is 128 cm³/mol. The zero-order valence-corrected chi connectivity index (χ0v) is 19.6. The molecule has 0 aromatic heterocycles. The number of carbonyl (C=O) groups excluding carboxylic acids is 1. The van der Waals surface area contributed by atoms with Gasteiger partial charge in [0, 0.05) is 32.6 Å². The molecule has 2 fully saturated rings. The number of benzene rings is 2. The van der Waals surface area contributed by atoms with Crippen molar-refractivity contribution in [1.82, 2.24) is 20.9 Å². The molecule has 0 spiro atoms. The Balaban J connectivity index is 1.15. The van der Waals surface area contributed by atoms with Crippen LogP contribution in [0.5, 0.6) is 0 Å². The van der Waals surface area contributed by atoms with Crippen LogP contribution < -0.4 is 16.1 Å². The zero-order chi connectivity index (χ0) is 24.4. The van der Waals surface area contributed by atoms with Gasteiger partial charge < -0.3 is 9.64 Å². The van der Waals surface area contributed by atoms with Crippen LogP contribution in [-0.4, -0.2) is 60.9 Å². The van der Waals surface area contributed by atoms with E-state index in [-0.39, 0.29) is 23.6 Å². The van der Waals surface area contributed by atoms with E-state index in [0.29, 0.717) is 44.6 Å². The average molecular weight is 478 g/mol. The van der Waals surface area contributed by atoms with Crippen molar-refractivity contribution in [1.29, 1.82) is 5.26 Å². The Bertz CT molecular complexity index is 1180. The van der Waals surface area contributed by atoms with Crippen LogP contribution in [0.2, 0.25) is 0 Å². The number of nitrogens with zero attached hydrogens (tertiary/aromatic N) is 5. The third-order valence-corrected chi connectivity index (χ3v) is 6.99. The first-order valence-electron chi connectivity index (χ1n) is 11.8. The van der Waals surface area contributed by atoms with E-state index >= 15 is 0 Å². The van der Waals surface area contributed by atoms with Gasteiger partial charge in [0.05, 0.1) is 30.0 Å². The smallest absolute Gasteiger partial charge is 0.223 e. The number of piperazine rings is 1. The van der Waals surface area contributed by atoms with Crippen molar-refractivity contribution >= 4 is 17.9 Å². The standard InChI is InChI=1S/C25H28FN7O2/c1-17-21(6-7-23(26)22(17)12-27)24-14-31-9-10-32(13-20(31)15-35-24)25(34)8-5-18-3-2-4-19(11-18)33-16-28-29-30-33/h2-4,6-7,11,16,20,24,29-30H,5,8-10,13-15H2,1H3. The number of rotatable bonds is 5. The number of anilines is 1. The highest BCUT2D eigenvalue weighted by atomic mass is 19.1. The molecular weight excluding hydrogens is 449 g/mol. The van der Waals surface area contributed by atoms with Crippen LogP contribution in [0.4, 0.5) is 10.1 Å². The summed E-state index contributed by atoms with van der Waals surface area (Å²) < 4.78 is 20.1. The number of aryl methyl sites for hydroxylation is 1. The van der Waals surface area contributed by atoms with Gasteiger partial charge in [-0.2, -0.15) is 10.4 Å². The van der Waals surface area contributed by atoms with E-state index < -0.39 is 5.82 Å². The maximum Gasteiger partial charge on any atom is 0.223 e. The Labute approximate surface area is 203 Å². The first-order chi connectivity index (χ1) is 17.0. The minimum Gasteiger partial charge on any atom is -0.370 e. The number of morpholine rings is 1. The molecule has 3 heterocycles. The van der Waals surface area contributed by atoms with Crippen LogP contribution >= 0.6 is 0 Å². The van der Waals surface area contributed by atoms with Crippen molar-refractivity contribution in [2.45, 2.75) is 31.9 Å². The molecule has 3 aliphatic rings. The van der Waals surface area contributed by atoms with Gasteiger partial charge in [0.15, 0.2) is 0 Å². The summed E-state index contributed by atoms with van der Waals surface area (Å²) in [4.78, 5) is 17.2. The van der Waals surface area contributed by atoms with Gasteiger partial charge in [0.25, 0.3) is 0 Å². The van der Waals surface area contributed by atoms with Gasteiger partial charge in [-0.3, -0.25) is 9.69 Å². The minimum absolute atomic E-state index is 0.0793. The van der Waals surface area contributed by atoms with E-state index in [9.17, 15) is 14.4 Å². The lowest BCUT2D eigenvalue weighted by Crippen LogP contribution is -2.59. The summed E-state index contributed by atoms with van der Waals surface area (Å²) in [6.45, 7) is 5.01. The summed E-state index contributed by atoms with van der Waals surface area (Å²) in [5.74, 6) is -0.354. The predicted octanol–water partition coefficient (Wildman–Crippen LogP) is 2.00. The topological polar surface area (TPSA) is 96.2 Å². The molecule has 35 heavy (non-hydrogen) atoms. The Hall–Kier alpha value is -3.52. The highest BCUT2D eigenvalue weighted by Gasteiger charge is 2.36. The number of ether oxygens (including phenoxy) is 1. The second-order valence-corrected chi connectivity index (χ2v) is 9.07. The van der Waals surface area contributed by atoms with Crippen LogP contribution in [0.3, 0.4) is 0 Å². The molecule has 2 unspecified atom stereocenters.